The zero-order chi connectivity index (χ0) is 21.1. The summed E-state index contributed by atoms with van der Waals surface area (Å²) in [6.45, 7) is 11.8. The normalized spacial score (nSPS) is 12.3. The van der Waals surface area contributed by atoms with Gasteiger partial charge in [-0.15, -0.1) is 0 Å². The second kappa shape index (κ2) is 8.56. The molecule has 3 aromatic carbocycles. The third-order valence-electron chi connectivity index (χ3n) is 5.71. The maximum atomic E-state index is 7.03. The number of hydrogen-bond acceptors (Lipinski definition) is 2. The fraction of sp³-hybridized carbons (Fsp3) is 0.308. The van der Waals surface area contributed by atoms with Crippen molar-refractivity contribution >= 4 is 24.4 Å². The van der Waals surface area contributed by atoms with Gasteiger partial charge in [-0.05, 0) is 32.5 Å². The van der Waals surface area contributed by atoms with Crippen LogP contribution in [0.1, 0.15) is 51.7 Å². The van der Waals surface area contributed by atoms with Gasteiger partial charge in [-0.1, -0.05) is 113 Å². The summed E-state index contributed by atoms with van der Waals surface area (Å²) < 4.78 is 7.03. The second-order valence-corrected chi connectivity index (χ2v) is 13.3. The zero-order valence-corrected chi connectivity index (χ0v) is 19.3. The minimum Gasteiger partial charge on any atom is -0.403 e. The molecule has 0 saturated carbocycles. The molecule has 0 spiro atoms. The Hall–Kier alpha value is -2.36. The summed E-state index contributed by atoms with van der Waals surface area (Å²) >= 11 is 0. The molecule has 0 aliphatic heterocycles. The number of para-hydroxylation sites is 1. The standard InChI is InChI=1S/C26H33NOSi/c1-20(2)24-18-12-13-21(25(24)27)19-28-29(26(3,4)5,22-14-8-6-9-15-22)23-16-10-7-11-17-23/h6-18,20H,19,27H2,1-5H3. The van der Waals surface area contributed by atoms with Crippen molar-refractivity contribution < 1.29 is 4.43 Å². The quantitative estimate of drug-likeness (QED) is 0.437. The molecule has 0 atom stereocenters. The molecule has 0 saturated heterocycles. The van der Waals surface area contributed by atoms with Crippen LogP contribution in [0.15, 0.2) is 78.9 Å². The maximum Gasteiger partial charge on any atom is 0.261 e. The monoisotopic (exact) mass is 403 g/mol. The lowest BCUT2D eigenvalue weighted by molar-refractivity contribution is 0.287. The van der Waals surface area contributed by atoms with Crippen molar-refractivity contribution in [3.8, 4) is 0 Å². The average molecular weight is 404 g/mol. The van der Waals surface area contributed by atoms with Crippen molar-refractivity contribution in [2.75, 3.05) is 5.73 Å². The molecule has 2 N–H and O–H groups in total. The molecular weight excluding hydrogens is 370 g/mol. The molecule has 0 aromatic heterocycles. The van der Waals surface area contributed by atoms with E-state index in [2.05, 4.69) is 113 Å². The largest absolute Gasteiger partial charge is 0.403 e. The minimum atomic E-state index is -2.56. The lowest BCUT2D eigenvalue weighted by atomic mass is 9.98. The van der Waals surface area contributed by atoms with Crippen LogP contribution in [-0.2, 0) is 11.0 Å². The van der Waals surface area contributed by atoms with Crippen LogP contribution in [0.5, 0.6) is 0 Å². The van der Waals surface area contributed by atoms with Crippen molar-refractivity contribution in [2.24, 2.45) is 0 Å². The smallest absolute Gasteiger partial charge is 0.261 e. The Balaban J connectivity index is 2.11. The van der Waals surface area contributed by atoms with Crippen LogP contribution in [0.4, 0.5) is 5.69 Å². The van der Waals surface area contributed by atoms with E-state index in [1.807, 2.05) is 0 Å². The topological polar surface area (TPSA) is 35.2 Å². The average Bonchev–Trinajstić information content (AvgIpc) is 2.70. The summed E-state index contributed by atoms with van der Waals surface area (Å²) in [5, 5.41) is 2.54. The van der Waals surface area contributed by atoms with E-state index in [9.17, 15) is 0 Å². The predicted molar refractivity (Wildman–Crippen MR) is 127 cm³/mol. The van der Waals surface area contributed by atoms with E-state index >= 15 is 0 Å². The fourth-order valence-electron chi connectivity index (χ4n) is 4.21. The summed E-state index contributed by atoms with van der Waals surface area (Å²) in [6, 6.07) is 27.8. The van der Waals surface area contributed by atoms with Gasteiger partial charge in [0.1, 0.15) is 0 Å². The number of hydrogen-bond donors (Lipinski definition) is 1. The maximum absolute atomic E-state index is 7.03. The molecule has 2 nitrogen and oxygen atoms in total. The van der Waals surface area contributed by atoms with Gasteiger partial charge in [0.25, 0.3) is 8.32 Å². The Kier molecular flexibility index (Phi) is 6.30. The molecule has 152 valence electrons. The first-order valence-electron chi connectivity index (χ1n) is 10.4. The van der Waals surface area contributed by atoms with Gasteiger partial charge in [0.15, 0.2) is 0 Å². The summed E-state index contributed by atoms with van der Waals surface area (Å²) in [5.74, 6) is 0.391. The molecule has 3 aromatic rings. The zero-order valence-electron chi connectivity index (χ0n) is 18.3. The Morgan fingerprint density at radius 2 is 1.31 bits per heavy atom. The lowest BCUT2D eigenvalue weighted by Crippen LogP contribution is -2.66. The van der Waals surface area contributed by atoms with Crippen LogP contribution in [0.3, 0.4) is 0 Å². The third kappa shape index (κ3) is 4.17. The summed E-state index contributed by atoms with van der Waals surface area (Å²) in [4.78, 5) is 0. The molecular formula is C26H33NOSi. The molecule has 0 aliphatic rings. The molecule has 0 bridgehead atoms. The van der Waals surface area contributed by atoms with Crippen LogP contribution in [0.2, 0.25) is 5.04 Å². The van der Waals surface area contributed by atoms with Crippen LogP contribution < -0.4 is 16.1 Å². The van der Waals surface area contributed by atoms with Gasteiger partial charge in [-0.3, -0.25) is 0 Å². The number of anilines is 1. The first-order chi connectivity index (χ1) is 13.8. The van der Waals surface area contributed by atoms with Crippen LogP contribution in [0.25, 0.3) is 0 Å². The Labute approximate surface area is 176 Å². The van der Waals surface area contributed by atoms with Crippen LogP contribution in [-0.4, -0.2) is 8.32 Å². The van der Waals surface area contributed by atoms with Gasteiger partial charge >= 0.3 is 0 Å². The fourth-order valence-corrected chi connectivity index (χ4v) is 8.74. The van der Waals surface area contributed by atoms with E-state index < -0.39 is 8.32 Å². The highest BCUT2D eigenvalue weighted by Gasteiger charge is 2.50. The highest BCUT2D eigenvalue weighted by molar-refractivity contribution is 6.99. The number of benzene rings is 3. The van der Waals surface area contributed by atoms with Crippen molar-refractivity contribution in [1.82, 2.24) is 0 Å². The van der Waals surface area contributed by atoms with Crippen LogP contribution >= 0.6 is 0 Å². The number of nitrogen functional groups attached to an aromatic ring is 1. The van der Waals surface area contributed by atoms with Crippen molar-refractivity contribution in [3.05, 3.63) is 90.0 Å². The van der Waals surface area contributed by atoms with E-state index in [1.54, 1.807) is 0 Å². The van der Waals surface area contributed by atoms with Crippen molar-refractivity contribution in [1.29, 1.82) is 0 Å². The van der Waals surface area contributed by atoms with E-state index in [1.165, 1.54) is 15.9 Å². The molecule has 0 fully saturated rings. The van der Waals surface area contributed by atoms with E-state index in [0.717, 1.165) is 11.3 Å². The number of nitrogens with two attached hydrogens (primary N) is 1. The first kappa shape index (κ1) is 21.3. The molecule has 0 heterocycles. The Bertz CT molecular complexity index is 890. The van der Waals surface area contributed by atoms with Crippen molar-refractivity contribution in [2.45, 2.75) is 52.2 Å². The predicted octanol–water partition coefficient (Wildman–Crippen LogP) is 5.47. The first-order valence-corrected chi connectivity index (χ1v) is 12.3. The highest BCUT2D eigenvalue weighted by Crippen LogP contribution is 2.38. The second-order valence-electron chi connectivity index (χ2n) is 9.03. The van der Waals surface area contributed by atoms with E-state index in [-0.39, 0.29) is 5.04 Å². The van der Waals surface area contributed by atoms with Crippen LogP contribution in [0, 0.1) is 0 Å². The van der Waals surface area contributed by atoms with Gasteiger partial charge in [0, 0.05) is 5.69 Å². The van der Waals surface area contributed by atoms with Gasteiger partial charge < -0.3 is 10.2 Å². The van der Waals surface area contributed by atoms with Crippen molar-refractivity contribution in [3.63, 3.8) is 0 Å². The van der Waals surface area contributed by atoms with Gasteiger partial charge in [0.2, 0.25) is 0 Å². The SMILES string of the molecule is CC(C)c1cccc(CO[Si](c2ccccc2)(c2ccccc2)C(C)(C)C)c1N. The Morgan fingerprint density at radius 1 is 0.793 bits per heavy atom. The number of rotatable bonds is 6. The summed E-state index contributed by atoms with van der Waals surface area (Å²) in [5.41, 5.74) is 9.66. The van der Waals surface area contributed by atoms with E-state index in [0.29, 0.717) is 12.5 Å². The minimum absolute atomic E-state index is 0.0415. The molecule has 0 amide bonds. The molecule has 0 aliphatic carbocycles. The van der Waals surface area contributed by atoms with Gasteiger partial charge in [-0.25, -0.2) is 0 Å². The highest BCUT2D eigenvalue weighted by atomic mass is 28.4. The molecule has 3 rings (SSSR count). The van der Waals surface area contributed by atoms with E-state index in [4.69, 9.17) is 10.2 Å². The third-order valence-corrected chi connectivity index (χ3v) is 10.7. The summed E-state index contributed by atoms with van der Waals surface area (Å²) in [6.07, 6.45) is 0. The van der Waals surface area contributed by atoms with Gasteiger partial charge in [0.05, 0.1) is 6.61 Å². The van der Waals surface area contributed by atoms with Gasteiger partial charge in [-0.2, -0.15) is 0 Å². The molecule has 3 heteroatoms. The molecule has 0 radical (unpaired) electrons. The molecule has 29 heavy (non-hydrogen) atoms. The summed E-state index contributed by atoms with van der Waals surface area (Å²) in [7, 11) is -2.56. The lowest BCUT2D eigenvalue weighted by Gasteiger charge is -2.43. The Morgan fingerprint density at radius 3 is 1.76 bits per heavy atom. The molecule has 0 unspecified atom stereocenters.